The van der Waals surface area contributed by atoms with Crippen molar-refractivity contribution >= 4 is 23.4 Å². The van der Waals surface area contributed by atoms with Crippen LogP contribution >= 0.6 is 0 Å². The summed E-state index contributed by atoms with van der Waals surface area (Å²) in [7, 11) is 0. The van der Waals surface area contributed by atoms with Crippen LogP contribution < -0.4 is 15.5 Å². The van der Waals surface area contributed by atoms with E-state index < -0.39 is 0 Å². The third kappa shape index (κ3) is 4.94. The molecule has 1 unspecified atom stereocenters. The van der Waals surface area contributed by atoms with Crippen LogP contribution in [0.5, 0.6) is 0 Å². The van der Waals surface area contributed by atoms with Gasteiger partial charge in [0.15, 0.2) is 5.82 Å². The van der Waals surface area contributed by atoms with Crippen molar-refractivity contribution in [3.05, 3.63) is 18.3 Å². The van der Waals surface area contributed by atoms with Crippen molar-refractivity contribution in [2.75, 3.05) is 36.4 Å². The summed E-state index contributed by atoms with van der Waals surface area (Å²) in [4.78, 5) is 33.8. The van der Waals surface area contributed by atoms with E-state index in [4.69, 9.17) is 0 Å². The van der Waals surface area contributed by atoms with Gasteiger partial charge in [0.2, 0.25) is 5.91 Å². The largest absolute Gasteiger partial charge is 0.354 e. The molecule has 3 rings (SSSR count). The first kappa shape index (κ1) is 20.4. The van der Waals surface area contributed by atoms with Crippen molar-refractivity contribution in [1.29, 1.82) is 0 Å². The molecular weight excluding hydrogens is 354 g/mol. The molecule has 1 aliphatic heterocycles. The summed E-state index contributed by atoms with van der Waals surface area (Å²) < 4.78 is 0. The van der Waals surface area contributed by atoms with Gasteiger partial charge in [-0.25, -0.2) is 9.78 Å². The Balaban J connectivity index is 1.67. The van der Waals surface area contributed by atoms with Crippen LogP contribution in [0.15, 0.2) is 18.3 Å². The van der Waals surface area contributed by atoms with Crippen molar-refractivity contribution in [3.63, 3.8) is 0 Å². The van der Waals surface area contributed by atoms with Gasteiger partial charge in [0.1, 0.15) is 0 Å². The predicted octanol–water partition coefficient (Wildman–Crippen LogP) is 3.23. The monoisotopic (exact) mass is 387 g/mol. The van der Waals surface area contributed by atoms with Crippen LogP contribution in [0.2, 0.25) is 0 Å². The lowest BCUT2D eigenvalue weighted by Gasteiger charge is -2.35. The molecule has 1 aromatic heterocycles. The number of rotatable bonds is 6. The molecule has 0 radical (unpaired) electrons. The number of carbonyl (C=O) groups excluding carboxylic acids is 2. The molecule has 28 heavy (non-hydrogen) atoms. The Bertz CT molecular complexity index is 671. The number of piperidine rings is 1. The molecule has 2 fully saturated rings. The smallest absolute Gasteiger partial charge is 0.319 e. The second-order valence-electron chi connectivity index (χ2n) is 7.75. The number of hydrogen-bond acceptors (Lipinski definition) is 4. The summed E-state index contributed by atoms with van der Waals surface area (Å²) in [6.45, 7) is 7.01. The van der Waals surface area contributed by atoms with Gasteiger partial charge < -0.3 is 20.4 Å². The Morgan fingerprint density at radius 2 is 1.93 bits per heavy atom. The van der Waals surface area contributed by atoms with Gasteiger partial charge in [-0.1, -0.05) is 12.8 Å². The minimum absolute atomic E-state index is 0.0178. The molecule has 0 spiro atoms. The highest BCUT2D eigenvalue weighted by Crippen LogP contribution is 2.28. The lowest BCUT2D eigenvalue weighted by Crippen LogP contribution is -2.45. The molecule has 1 aliphatic carbocycles. The van der Waals surface area contributed by atoms with Crippen molar-refractivity contribution in [2.24, 2.45) is 5.92 Å². The van der Waals surface area contributed by atoms with Gasteiger partial charge in [0, 0.05) is 38.4 Å². The quantitative estimate of drug-likeness (QED) is 0.786. The molecule has 0 bridgehead atoms. The topological polar surface area (TPSA) is 77.6 Å². The van der Waals surface area contributed by atoms with E-state index in [1.165, 1.54) is 12.8 Å². The van der Waals surface area contributed by atoms with E-state index >= 15 is 0 Å². The maximum absolute atomic E-state index is 12.8. The van der Waals surface area contributed by atoms with Crippen molar-refractivity contribution < 1.29 is 9.59 Å². The number of carbonyl (C=O) groups is 2. The zero-order valence-electron chi connectivity index (χ0n) is 17.1. The average molecular weight is 388 g/mol. The van der Waals surface area contributed by atoms with E-state index in [1.807, 2.05) is 30.9 Å². The third-order valence-corrected chi connectivity index (χ3v) is 5.87. The van der Waals surface area contributed by atoms with Gasteiger partial charge in [0.05, 0.1) is 11.6 Å². The number of hydrogen-bond donors (Lipinski definition) is 2. The summed E-state index contributed by atoms with van der Waals surface area (Å²) in [6.07, 6.45) is 8.05. The lowest BCUT2D eigenvalue weighted by molar-refractivity contribution is -0.135. The van der Waals surface area contributed by atoms with Crippen LogP contribution in [0.1, 0.15) is 52.4 Å². The normalized spacial score (nSPS) is 20.1. The molecule has 2 aliphatic rings. The number of nitrogens with zero attached hydrogens (tertiary/aromatic N) is 3. The van der Waals surface area contributed by atoms with Gasteiger partial charge in [-0.05, 0) is 51.7 Å². The lowest BCUT2D eigenvalue weighted by atomic mass is 9.96. The van der Waals surface area contributed by atoms with Crippen LogP contribution in [0, 0.1) is 5.92 Å². The molecule has 7 nitrogen and oxygen atoms in total. The van der Waals surface area contributed by atoms with Crippen LogP contribution in [0.4, 0.5) is 16.3 Å². The summed E-state index contributed by atoms with van der Waals surface area (Å²) in [5.74, 6) is 0.955. The zero-order chi connectivity index (χ0) is 19.9. The van der Waals surface area contributed by atoms with Crippen LogP contribution in [-0.4, -0.2) is 54.0 Å². The molecule has 2 heterocycles. The van der Waals surface area contributed by atoms with E-state index in [1.54, 1.807) is 6.20 Å². The number of anilines is 2. The second kappa shape index (κ2) is 9.75. The first-order valence-electron chi connectivity index (χ1n) is 10.7. The van der Waals surface area contributed by atoms with E-state index in [9.17, 15) is 9.59 Å². The number of aromatic nitrogens is 1. The Labute approximate surface area is 167 Å². The summed E-state index contributed by atoms with van der Waals surface area (Å²) in [6, 6.07) is 3.81. The molecular formula is C21H33N5O2. The highest BCUT2D eigenvalue weighted by molar-refractivity contribution is 5.92. The van der Waals surface area contributed by atoms with E-state index in [2.05, 4.69) is 20.5 Å². The predicted molar refractivity (Wildman–Crippen MR) is 112 cm³/mol. The second-order valence-corrected chi connectivity index (χ2v) is 7.75. The molecule has 1 saturated carbocycles. The van der Waals surface area contributed by atoms with Crippen LogP contribution in [0.3, 0.4) is 0 Å². The highest BCUT2D eigenvalue weighted by Gasteiger charge is 2.30. The van der Waals surface area contributed by atoms with E-state index in [0.29, 0.717) is 12.2 Å². The summed E-state index contributed by atoms with van der Waals surface area (Å²) in [5, 5.41) is 6.03. The molecule has 2 N–H and O–H groups in total. The standard InChI is InChI=1S/C21H33N5O2/c1-3-25(4-2)20(27)16-9-8-14-26(15-16)19-18(12-7-13-22-19)24-21(28)23-17-10-5-6-11-17/h7,12-13,16-17H,3-6,8-11,14-15H2,1-2H3,(H2,23,24,28). The SMILES string of the molecule is CCN(CC)C(=O)C1CCCN(c2ncccc2NC(=O)NC2CCCC2)C1. The fourth-order valence-corrected chi connectivity index (χ4v) is 4.33. The molecule has 7 heteroatoms. The zero-order valence-corrected chi connectivity index (χ0v) is 17.1. The first-order valence-corrected chi connectivity index (χ1v) is 10.7. The minimum atomic E-state index is -0.172. The van der Waals surface area contributed by atoms with Crippen LogP contribution in [0.25, 0.3) is 0 Å². The molecule has 1 atom stereocenters. The van der Waals surface area contributed by atoms with Crippen LogP contribution in [-0.2, 0) is 4.79 Å². The van der Waals surface area contributed by atoms with Crippen molar-refractivity contribution in [2.45, 2.75) is 58.4 Å². The molecule has 1 aromatic rings. The third-order valence-electron chi connectivity index (χ3n) is 5.87. The van der Waals surface area contributed by atoms with Gasteiger partial charge in [0.25, 0.3) is 0 Å². The van der Waals surface area contributed by atoms with E-state index in [0.717, 1.165) is 51.1 Å². The maximum atomic E-state index is 12.8. The molecule has 154 valence electrons. The highest BCUT2D eigenvalue weighted by atomic mass is 16.2. The van der Waals surface area contributed by atoms with Gasteiger partial charge in [-0.2, -0.15) is 0 Å². The molecule has 1 saturated heterocycles. The summed E-state index contributed by atoms with van der Waals surface area (Å²) >= 11 is 0. The Morgan fingerprint density at radius 1 is 1.18 bits per heavy atom. The van der Waals surface area contributed by atoms with Gasteiger partial charge in [-0.3, -0.25) is 4.79 Å². The number of amides is 3. The van der Waals surface area contributed by atoms with Crippen molar-refractivity contribution in [3.8, 4) is 0 Å². The first-order chi connectivity index (χ1) is 13.6. The molecule has 0 aromatic carbocycles. The van der Waals surface area contributed by atoms with Gasteiger partial charge in [-0.15, -0.1) is 0 Å². The fourth-order valence-electron chi connectivity index (χ4n) is 4.33. The Hall–Kier alpha value is -2.31. The fraction of sp³-hybridized carbons (Fsp3) is 0.667. The van der Waals surface area contributed by atoms with E-state index in [-0.39, 0.29) is 23.9 Å². The average Bonchev–Trinajstić information content (AvgIpc) is 3.22. The number of pyridine rings is 1. The van der Waals surface area contributed by atoms with Crippen molar-refractivity contribution in [1.82, 2.24) is 15.2 Å². The minimum Gasteiger partial charge on any atom is -0.354 e. The number of nitrogens with one attached hydrogen (secondary N) is 2. The molecule has 3 amide bonds. The Morgan fingerprint density at radius 3 is 2.64 bits per heavy atom. The summed E-state index contributed by atoms with van der Waals surface area (Å²) in [5.41, 5.74) is 0.703. The Kier molecular flexibility index (Phi) is 7.12. The maximum Gasteiger partial charge on any atom is 0.319 e. The number of urea groups is 1. The van der Waals surface area contributed by atoms with Gasteiger partial charge >= 0.3 is 6.03 Å².